The van der Waals surface area contributed by atoms with Crippen LogP contribution in [0.1, 0.15) is 30.5 Å². The van der Waals surface area contributed by atoms with Gasteiger partial charge in [0.15, 0.2) is 0 Å². The molecule has 1 saturated heterocycles. The Kier molecular flexibility index (Phi) is 8.42. The number of halogens is 4. The number of allylic oxidation sites excluding steroid dienone is 1. The third-order valence-electron chi connectivity index (χ3n) is 5.99. The van der Waals surface area contributed by atoms with Gasteiger partial charge in [-0.15, -0.1) is 0 Å². The highest BCUT2D eigenvalue weighted by Crippen LogP contribution is 2.41. The molecule has 3 nitrogen and oxygen atoms in total. The lowest BCUT2D eigenvalue weighted by molar-refractivity contribution is -0.137. The fourth-order valence-electron chi connectivity index (χ4n) is 4.32. The highest BCUT2D eigenvalue weighted by atomic mass is 35.5. The zero-order valence-electron chi connectivity index (χ0n) is 20.1. The zero-order valence-corrected chi connectivity index (χ0v) is 21.7. The molecule has 0 N–H and O–H groups in total. The van der Waals surface area contributed by atoms with E-state index in [0.717, 1.165) is 36.3 Å². The van der Waals surface area contributed by atoms with Gasteiger partial charge < -0.3 is 14.5 Å². The first-order chi connectivity index (χ1) is 17.3. The van der Waals surface area contributed by atoms with Gasteiger partial charge in [0, 0.05) is 29.6 Å². The van der Waals surface area contributed by atoms with Crippen molar-refractivity contribution in [3.8, 4) is 11.5 Å². The Morgan fingerprint density at radius 3 is 2.31 bits per heavy atom. The SMILES string of the molecule is CC/C=C1/N(CCSC)CC(c2cccc(C(F)(F)F)c2)N1c1ccc(Oc2ccc(Cl)cc2)cc1. The Morgan fingerprint density at radius 1 is 1.03 bits per heavy atom. The Morgan fingerprint density at radius 2 is 1.69 bits per heavy atom. The molecule has 1 aliphatic heterocycles. The maximum absolute atomic E-state index is 13.5. The fourth-order valence-corrected chi connectivity index (χ4v) is 4.84. The average molecular weight is 533 g/mol. The van der Waals surface area contributed by atoms with Crippen molar-refractivity contribution in [3.05, 3.63) is 101 Å². The van der Waals surface area contributed by atoms with Crippen molar-refractivity contribution >= 4 is 29.1 Å². The summed E-state index contributed by atoms with van der Waals surface area (Å²) in [5.74, 6) is 3.28. The lowest BCUT2D eigenvalue weighted by atomic mass is 10.0. The summed E-state index contributed by atoms with van der Waals surface area (Å²) < 4.78 is 46.4. The molecule has 0 saturated carbocycles. The van der Waals surface area contributed by atoms with Crippen LogP contribution in [-0.4, -0.2) is 30.0 Å². The number of anilines is 1. The molecule has 1 heterocycles. The fraction of sp³-hybridized carbons (Fsp3) is 0.286. The van der Waals surface area contributed by atoms with Crippen molar-refractivity contribution in [2.24, 2.45) is 0 Å². The minimum Gasteiger partial charge on any atom is -0.457 e. The van der Waals surface area contributed by atoms with Gasteiger partial charge in [-0.05, 0) is 85.0 Å². The molecule has 1 unspecified atom stereocenters. The van der Waals surface area contributed by atoms with E-state index in [1.165, 1.54) is 12.1 Å². The van der Waals surface area contributed by atoms with Crippen LogP contribution in [0, 0.1) is 0 Å². The molecule has 36 heavy (non-hydrogen) atoms. The number of alkyl halides is 3. The average Bonchev–Trinajstić information content (AvgIpc) is 3.22. The van der Waals surface area contributed by atoms with Gasteiger partial charge in [0.1, 0.15) is 17.3 Å². The van der Waals surface area contributed by atoms with Crippen molar-refractivity contribution in [2.45, 2.75) is 25.6 Å². The maximum atomic E-state index is 13.5. The van der Waals surface area contributed by atoms with Crippen molar-refractivity contribution < 1.29 is 17.9 Å². The van der Waals surface area contributed by atoms with E-state index >= 15 is 0 Å². The second kappa shape index (κ2) is 11.5. The molecular weight excluding hydrogens is 505 g/mol. The molecule has 190 valence electrons. The normalized spacial score (nSPS) is 17.2. The number of ether oxygens (including phenoxy) is 1. The molecule has 3 aromatic carbocycles. The van der Waals surface area contributed by atoms with Crippen LogP contribution in [0.25, 0.3) is 0 Å². The molecule has 0 spiro atoms. The molecule has 0 aromatic heterocycles. The van der Waals surface area contributed by atoms with Crippen molar-refractivity contribution in [1.82, 2.24) is 4.90 Å². The molecule has 0 radical (unpaired) electrons. The summed E-state index contributed by atoms with van der Waals surface area (Å²) in [7, 11) is 0. The first-order valence-corrected chi connectivity index (χ1v) is 13.5. The number of nitrogens with zero attached hydrogens (tertiary/aromatic N) is 2. The van der Waals surface area contributed by atoms with Crippen LogP contribution in [0.4, 0.5) is 18.9 Å². The van der Waals surface area contributed by atoms with Crippen LogP contribution in [0.15, 0.2) is 84.7 Å². The summed E-state index contributed by atoms with van der Waals surface area (Å²) in [6, 6.07) is 20.2. The topological polar surface area (TPSA) is 15.7 Å². The van der Waals surface area contributed by atoms with Crippen molar-refractivity contribution in [2.75, 3.05) is 30.0 Å². The Labute approximate surface area is 219 Å². The summed E-state index contributed by atoms with van der Waals surface area (Å²) in [4.78, 5) is 4.41. The van der Waals surface area contributed by atoms with Crippen LogP contribution >= 0.6 is 23.4 Å². The van der Waals surface area contributed by atoms with Crippen LogP contribution in [0.3, 0.4) is 0 Å². The Hall–Kier alpha value is -2.77. The summed E-state index contributed by atoms with van der Waals surface area (Å²) in [6.07, 6.45) is 0.627. The van der Waals surface area contributed by atoms with E-state index in [9.17, 15) is 13.2 Å². The second-order valence-corrected chi connectivity index (χ2v) is 9.89. The molecule has 1 fully saturated rings. The van der Waals surface area contributed by atoms with E-state index in [1.54, 1.807) is 42.1 Å². The smallest absolute Gasteiger partial charge is 0.416 e. The summed E-state index contributed by atoms with van der Waals surface area (Å²) in [5, 5.41) is 0.633. The predicted molar refractivity (Wildman–Crippen MR) is 143 cm³/mol. The molecule has 0 amide bonds. The van der Waals surface area contributed by atoms with E-state index in [1.807, 2.05) is 24.3 Å². The number of rotatable bonds is 8. The van der Waals surface area contributed by atoms with Crippen LogP contribution in [-0.2, 0) is 6.18 Å². The Bertz CT molecular complexity index is 1180. The molecule has 0 bridgehead atoms. The lowest BCUT2D eigenvalue weighted by Gasteiger charge is -2.28. The van der Waals surface area contributed by atoms with Gasteiger partial charge >= 0.3 is 6.18 Å². The van der Waals surface area contributed by atoms with Gasteiger partial charge in [-0.3, -0.25) is 0 Å². The van der Waals surface area contributed by atoms with E-state index in [-0.39, 0.29) is 6.04 Å². The van der Waals surface area contributed by atoms with E-state index < -0.39 is 11.7 Å². The molecular formula is C28H28ClF3N2OS. The standard InChI is InChI=1S/C28H28ClF3N2OS/c1-3-5-27-33(16-17-36-2)19-26(20-6-4-7-21(18-20)28(30,31)32)34(27)23-10-14-25(15-11-23)35-24-12-8-22(29)9-13-24/h4-15,18,26H,3,16-17,19H2,1-2H3/b27-5-. The second-order valence-electron chi connectivity index (χ2n) is 8.47. The van der Waals surface area contributed by atoms with Gasteiger partial charge in [-0.25, -0.2) is 0 Å². The van der Waals surface area contributed by atoms with Gasteiger partial charge in [-0.1, -0.05) is 30.7 Å². The van der Waals surface area contributed by atoms with Gasteiger partial charge in [0.05, 0.1) is 11.6 Å². The summed E-state index contributed by atoms with van der Waals surface area (Å²) in [5.41, 5.74) is 0.905. The minimum absolute atomic E-state index is 0.255. The quantitative estimate of drug-likeness (QED) is 0.288. The third-order valence-corrected chi connectivity index (χ3v) is 6.83. The molecule has 1 atom stereocenters. The zero-order chi connectivity index (χ0) is 25.7. The highest BCUT2D eigenvalue weighted by molar-refractivity contribution is 7.98. The predicted octanol–water partition coefficient (Wildman–Crippen LogP) is 8.63. The lowest BCUT2D eigenvalue weighted by Crippen LogP contribution is -2.25. The monoisotopic (exact) mass is 532 g/mol. The number of thioether (sulfide) groups is 1. The van der Waals surface area contributed by atoms with E-state index in [2.05, 4.69) is 29.1 Å². The number of benzene rings is 3. The first-order valence-electron chi connectivity index (χ1n) is 11.7. The molecule has 3 aromatic rings. The van der Waals surface area contributed by atoms with Crippen LogP contribution < -0.4 is 9.64 Å². The van der Waals surface area contributed by atoms with Gasteiger partial charge in [0.2, 0.25) is 0 Å². The summed E-state index contributed by atoms with van der Waals surface area (Å²) in [6.45, 7) is 3.49. The number of hydrogen-bond acceptors (Lipinski definition) is 4. The molecule has 0 aliphatic carbocycles. The maximum Gasteiger partial charge on any atom is 0.416 e. The Balaban J connectivity index is 1.69. The summed E-state index contributed by atoms with van der Waals surface area (Å²) >= 11 is 7.71. The minimum atomic E-state index is -4.39. The van der Waals surface area contributed by atoms with Gasteiger partial charge in [0.25, 0.3) is 0 Å². The van der Waals surface area contributed by atoms with Crippen LogP contribution in [0.2, 0.25) is 5.02 Å². The van der Waals surface area contributed by atoms with E-state index in [0.29, 0.717) is 28.6 Å². The molecule has 8 heteroatoms. The van der Waals surface area contributed by atoms with Gasteiger partial charge in [-0.2, -0.15) is 24.9 Å². The molecule has 4 rings (SSSR count). The van der Waals surface area contributed by atoms with E-state index in [4.69, 9.17) is 16.3 Å². The molecule has 1 aliphatic rings. The van der Waals surface area contributed by atoms with Crippen molar-refractivity contribution in [1.29, 1.82) is 0 Å². The third kappa shape index (κ3) is 6.13. The van der Waals surface area contributed by atoms with Crippen molar-refractivity contribution in [3.63, 3.8) is 0 Å². The number of hydrogen-bond donors (Lipinski definition) is 0. The van der Waals surface area contributed by atoms with Crippen LogP contribution in [0.5, 0.6) is 11.5 Å². The first kappa shape index (κ1) is 26.3. The largest absolute Gasteiger partial charge is 0.457 e. The highest BCUT2D eigenvalue weighted by Gasteiger charge is 2.37.